The van der Waals surface area contributed by atoms with Gasteiger partial charge in [-0.2, -0.15) is 0 Å². The highest BCUT2D eigenvalue weighted by Gasteiger charge is 2.13. The molecular weight excluding hydrogens is 422 g/mol. The predicted molar refractivity (Wildman–Crippen MR) is 113 cm³/mol. The van der Waals surface area contributed by atoms with Crippen molar-refractivity contribution in [1.82, 2.24) is 14.8 Å². The van der Waals surface area contributed by atoms with Gasteiger partial charge in [0, 0.05) is 11.6 Å². The summed E-state index contributed by atoms with van der Waals surface area (Å²) in [7, 11) is 0. The van der Waals surface area contributed by atoms with E-state index < -0.39 is 11.6 Å². The van der Waals surface area contributed by atoms with E-state index >= 15 is 0 Å². The van der Waals surface area contributed by atoms with Crippen LogP contribution in [0.5, 0.6) is 5.75 Å². The van der Waals surface area contributed by atoms with Crippen LogP contribution in [0, 0.1) is 18.6 Å². The van der Waals surface area contributed by atoms with E-state index in [9.17, 15) is 13.6 Å². The average molecular weight is 440 g/mol. The lowest BCUT2D eigenvalue weighted by atomic mass is 10.1. The molecule has 2 heterocycles. The van der Waals surface area contributed by atoms with Crippen molar-refractivity contribution in [3.63, 3.8) is 0 Å². The second-order valence-corrected chi connectivity index (χ2v) is 7.80. The van der Waals surface area contributed by atoms with Crippen LogP contribution in [0.15, 0.2) is 60.2 Å². The summed E-state index contributed by atoms with van der Waals surface area (Å²) in [5.41, 5.74) is 2.95. The Morgan fingerprint density at radius 1 is 1.13 bits per heavy atom. The van der Waals surface area contributed by atoms with Crippen LogP contribution in [-0.4, -0.2) is 20.7 Å². The smallest absolute Gasteiger partial charge is 0.268 e. The number of anilines is 1. The monoisotopic (exact) mass is 440 g/mol. The molecule has 0 aliphatic carbocycles. The first-order chi connectivity index (χ1) is 15.0. The first-order valence-corrected chi connectivity index (χ1v) is 10.3. The molecule has 2 aromatic heterocycles. The normalized spacial score (nSPS) is 10.8. The summed E-state index contributed by atoms with van der Waals surface area (Å²) in [6.45, 7) is 2.62. The Balaban J connectivity index is 1.33. The molecule has 1 N–H and O–H groups in total. The van der Waals surface area contributed by atoms with E-state index in [0.717, 1.165) is 17.7 Å². The summed E-state index contributed by atoms with van der Waals surface area (Å²) in [5, 5.41) is 8.67. The minimum absolute atomic E-state index is 0.0513. The van der Waals surface area contributed by atoms with Gasteiger partial charge < -0.3 is 4.74 Å². The van der Waals surface area contributed by atoms with Crippen molar-refractivity contribution in [3.8, 4) is 5.75 Å². The first-order valence-electron chi connectivity index (χ1n) is 9.38. The van der Waals surface area contributed by atoms with E-state index in [1.54, 1.807) is 22.5 Å². The molecule has 4 aromatic rings. The molecule has 9 heteroatoms. The van der Waals surface area contributed by atoms with Gasteiger partial charge in [0.2, 0.25) is 5.95 Å². The number of benzene rings is 2. The average Bonchev–Trinajstić information content (AvgIpc) is 3.39. The Hall–Kier alpha value is -3.59. The highest BCUT2D eigenvalue weighted by Crippen LogP contribution is 2.21. The molecule has 0 atom stereocenters. The van der Waals surface area contributed by atoms with Gasteiger partial charge in [-0.15, -0.1) is 16.4 Å². The molecule has 0 unspecified atom stereocenters. The number of nitrogens with zero attached hydrogens (tertiary/aromatic N) is 3. The fourth-order valence-electron chi connectivity index (χ4n) is 2.80. The third kappa shape index (κ3) is 5.32. The standard InChI is InChI=1S/C22H18F2N4O2S/c1-14-2-4-15(5-3-14)10-28-13-25-22(27-28)26-21(29)20-8-16(12-31-20)11-30-19-7-6-17(23)9-18(19)24/h2-9,12-13H,10-11H2,1H3,(H,26,27,29). The summed E-state index contributed by atoms with van der Waals surface area (Å²) >= 11 is 1.22. The van der Waals surface area contributed by atoms with Crippen molar-refractivity contribution in [3.05, 3.63) is 93.4 Å². The number of carbonyl (C=O) groups is 1. The van der Waals surface area contributed by atoms with Gasteiger partial charge >= 0.3 is 0 Å². The number of ether oxygens (including phenoxy) is 1. The molecule has 0 bridgehead atoms. The third-order valence-corrected chi connectivity index (χ3v) is 5.37. The molecule has 2 aromatic carbocycles. The number of hydrogen-bond acceptors (Lipinski definition) is 5. The molecule has 31 heavy (non-hydrogen) atoms. The van der Waals surface area contributed by atoms with Crippen molar-refractivity contribution in [2.45, 2.75) is 20.1 Å². The van der Waals surface area contributed by atoms with Gasteiger partial charge in [0.15, 0.2) is 11.6 Å². The number of rotatable bonds is 7. The molecule has 0 spiro atoms. The van der Waals surface area contributed by atoms with Crippen LogP contribution in [-0.2, 0) is 13.2 Å². The first kappa shape index (κ1) is 20.7. The molecule has 0 radical (unpaired) electrons. The maximum atomic E-state index is 13.6. The molecule has 6 nitrogen and oxygen atoms in total. The third-order valence-electron chi connectivity index (χ3n) is 4.39. The number of nitrogens with one attached hydrogen (secondary N) is 1. The SMILES string of the molecule is Cc1ccc(Cn2cnc(NC(=O)c3cc(COc4ccc(F)cc4F)cs3)n2)cc1. The summed E-state index contributed by atoms with van der Waals surface area (Å²) in [6.07, 6.45) is 1.56. The number of thiophene rings is 1. The molecule has 0 saturated heterocycles. The van der Waals surface area contributed by atoms with Gasteiger partial charge in [-0.3, -0.25) is 10.1 Å². The topological polar surface area (TPSA) is 69.0 Å². The summed E-state index contributed by atoms with van der Waals surface area (Å²) in [6, 6.07) is 12.8. The molecule has 1 amide bonds. The maximum Gasteiger partial charge on any atom is 0.268 e. The molecule has 158 valence electrons. The van der Waals surface area contributed by atoms with E-state index in [4.69, 9.17) is 4.74 Å². The van der Waals surface area contributed by atoms with E-state index in [-0.39, 0.29) is 24.2 Å². The molecule has 4 rings (SSSR count). The van der Waals surface area contributed by atoms with Crippen LogP contribution in [0.2, 0.25) is 0 Å². The summed E-state index contributed by atoms with van der Waals surface area (Å²) in [4.78, 5) is 17.0. The maximum absolute atomic E-state index is 13.6. The number of aryl methyl sites for hydroxylation is 1. The number of halogens is 2. The molecular formula is C22H18F2N4O2S. The van der Waals surface area contributed by atoms with Crippen LogP contribution in [0.25, 0.3) is 0 Å². The number of aromatic nitrogens is 3. The highest BCUT2D eigenvalue weighted by atomic mass is 32.1. The van der Waals surface area contributed by atoms with Crippen molar-refractivity contribution in [2.75, 3.05) is 5.32 Å². The van der Waals surface area contributed by atoms with Crippen LogP contribution in [0.3, 0.4) is 0 Å². The van der Waals surface area contributed by atoms with E-state index in [1.165, 1.54) is 23.0 Å². The van der Waals surface area contributed by atoms with Gasteiger partial charge in [0.1, 0.15) is 18.8 Å². The molecule has 0 aliphatic rings. The van der Waals surface area contributed by atoms with Crippen molar-refractivity contribution >= 4 is 23.2 Å². The number of carbonyl (C=O) groups excluding carboxylic acids is 1. The molecule has 0 aliphatic heterocycles. The highest BCUT2D eigenvalue weighted by molar-refractivity contribution is 7.12. The van der Waals surface area contributed by atoms with Gasteiger partial charge in [-0.1, -0.05) is 29.8 Å². The van der Waals surface area contributed by atoms with Crippen molar-refractivity contribution in [2.24, 2.45) is 0 Å². The van der Waals surface area contributed by atoms with E-state index in [0.29, 0.717) is 17.0 Å². The zero-order chi connectivity index (χ0) is 21.8. The summed E-state index contributed by atoms with van der Waals surface area (Å²) < 4.78 is 33.6. The Labute approximate surface area is 181 Å². The van der Waals surface area contributed by atoms with E-state index in [1.807, 2.05) is 31.2 Å². The molecule has 0 saturated carbocycles. The van der Waals surface area contributed by atoms with Gasteiger partial charge in [-0.25, -0.2) is 18.4 Å². The largest absolute Gasteiger partial charge is 0.486 e. The lowest BCUT2D eigenvalue weighted by molar-refractivity contribution is 0.102. The predicted octanol–water partition coefficient (Wildman–Crippen LogP) is 4.81. The number of hydrogen-bond donors (Lipinski definition) is 1. The Morgan fingerprint density at radius 3 is 2.71 bits per heavy atom. The fourth-order valence-corrected chi connectivity index (χ4v) is 3.59. The minimum atomic E-state index is -0.777. The lowest BCUT2D eigenvalue weighted by Gasteiger charge is -2.05. The van der Waals surface area contributed by atoms with E-state index in [2.05, 4.69) is 15.4 Å². The zero-order valence-electron chi connectivity index (χ0n) is 16.5. The number of amides is 1. The Kier molecular flexibility index (Phi) is 6.03. The lowest BCUT2D eigenvalue weighted by Crippen LogP contribution is -2.12. The zero-order valence-corrected chi connectivity index (χ0v) is 17.3. The minimum Gasteiger partial charge on any atom is -0.486 e. The second-order valence-electron chi connectivity index (χ2n) is 6.89. The fraction of sp³-hybridized carbons (Fsp3) is 0.136. The second kappa shape index (κ2) is 9.05. The quantitative estimate of drug-likeness (QED) is 0.448. The van der Waals surface area contributed by atoms with Crippen LogP contribution in [0.1, 0.15) is 26.4 Å². The van der Waals surface area contributed by atoms with Gasteiger partial charge in [0.05, 0.1) is 11.4 Å². The molecule has 0 fully saturated rings. The van der Waals surface area contributed by atoms with Crippen LogP contribution < -0.4 is 10.1 Å². The van der Waals surface area contributed by atoms with Gasteiger partial charge in [0.25, 0.3) is 5.91 Å². The Bertz CT molecular complexity index is 1200. The van der Waals surface area contributed by atoms with Crippen molar-refractivity contribution < 1.29 is 18.3 Å². The van der Waals surface area contributed by atoms with Crippen LogP contribution >= 0.6 is 11.3 Å². The van der Waals surface area contributed by atoms with Crippen molar-refractivity contribution in [1.29, 1.82) is 0 Å². The summed E-state index contributed by atoms with van der Waals surface area (Å²) in [5.74, 6) is -1.65. The van der Waals surface area contributed by atoms with Crippen LogP contribution in [0.4, 0.5) is 14.7 Å². The Morgan fingerprint density at radius 2 is 1.94 bits per heavy atom. The van der Waals surface area contributed by atoms with Gasteiger partial charge in [-0.05, 0) is 36.1 Å².